The van der Waals surface area contributed by atoms with E-state index in [1.807, 2.05) is 32.0 Å². The Kier molecular flexibility index (Phi) is 5.73. The zero-order valence-electron chi connectivity index (χ0n) is 14.3. The molecule has 0 radical (unpaired) electrons. The van der Waals surface area contributed by atoms with E-state index in [0.717, 1.165) is 25.3 Å². The fourth-order valence-corrected chi connectivity index (χ4v) is 4.17. The van der Waals surface area contributed by atoms with Gasteiger partial charge in [0.2, 0.25) is 5.91 Å². The van der Waals surface area contributed by atoms with Crippen molar-refractivity contribution in [2.75, 3.05) is 4.90 Å². The van der Waals surface area contributed by atoms with Crippen molar-refractivity contribution in [2.45, 2.75) is 32.7 Å². The first kappa shape index (κ1) is 19.0. The molecule has 1 saturated heterocycles. The minimum atomic E-state index is -0.766. The fraction of sp³-hybridized carbons (Fsp3) is 0.278. The standard InChI is InChI=1S/C18H18IN3O3S/c1-3-14-10(2)8-15(26-14)17(24)21-20-13-9-16(23)22(18(13)25)12-6-4-11(19)5-7-12/h4-8,13,20H,3,9H2,1-2H3,(H,21,24). The normalized spacial score (nSPS) is 17.0. The van der Waals surface area contributed by atoms with E-state index in [-0.39, 0.29) is 24.1 Å². The Morgan fingerprint density at radius 3 is 2.62 bits per heavy atom. The molecule has 8 heteroatoms. The van der Waals surface area contributed by atoms with E-state index >= 15 is 0 Å². The van der Waals surface area contributed by atoms with E-state index in [1.54, 1.807) is 12.1 Å². The van der Waals surface area contributed by atoms with Gasteiger partial charge >= 0.3 is 0 Å². The summed E-state index contributed by atoms with van der Waals surface area (Å²) in [5.41, 5.74) is 6.89. The van der Waals surface area contributed by atoms with Crippen molar-refractivity contribution in [1.29, 1.82) is 0 Å². The lowest BCUT2D eigenvalue weighted by atomic mass is 10.2. The van der Waals surface area contributed by atoms with Crippen LogP contribution in [-0.2, 0) is 16.0 Å². The monoisotopic (exact) mass is 483 g/mol. The number of carbonyl (C=O) groups is 3. The number of benzene rings is 1. The van der Waals surface area contributed by atoms with Gasteiger partial charge in [0.1, 0.15) is 6.04 Å². The predicted molar refractivity (Wildman–Crippen MR) is 109 cm³/mol. The van der Waals surface area contributed by atoms with Crippen LogP contribution < -0.4 is 15.8 Å². The van der Waals surface area contributed by atoms with Crippen LogP contribution in [0.3, 0.4) is 0 Å². The number of aryl methyl sites for hydroxylation is 2. The van der Waals surface area contributed by atoms with Crippen LogP contribution in [0.4, 0.5) is 5.69 Å². The molecule has 136 valence electrons. The molecule has 0 bridgehead atoms. The van der Waals surface area contributed by atoms with Crippen molar-refractivity contribution in [1.82, 2.24) is 10.9 Å². The Balaban J connectivity index is 1.65. The first-order valence-corrected chi connectivity index (χ1v) is 10.1. The summed E-state index contributed by atoms with van der Waals surface area (Å²) in [7, 11) is 0. The summed E-state index contributed by atoms with van der Waals surface area (Å²) in [6, 6.07) is 8.21. The average molecular weight is 483 g/mol. The third-order valence-corrected chi connectivity index (χ3v) is 6.26. The van der Waals surface area contributed by atoms with Gasteiger partial charge in [-0.3, -0.25) is 19.8 Å². The molecule has 2 N–H and O–H groups in total. The summed E-state index contributed by atoms with van der Waals surface area (Å²) in [4.78, 5) is 40.0. The topological polar surface area (TPSA) is 78.5 Å². The van der Waals surface area contributed by atoms with Crippen LogP contribution in [0.5, 0.6) is 0 Å². The summed E-state index contributed by atoms with van der Waals surface area (Å²) < 4.78 is 1.02. The van der Waals surface area contributed by atoms with Crippen LogP contribution in [0, 0.1) is 10.5 Å². The molecule has 2 heterocycles. The number of hydrogen-bond acceptors (Lipinski definition) is 5. The molecule has 3 rings (SSSR count). The van der Waals surface area contributed by atoms with Crippen LogP contribution in [0.2, 0.25) is 0 Å². The second kappa shape index (κ2) is 7.85. The second-order valence-electron chi connectivity index (χ2n) is 5.97. The molecule has 2 aromatic rings. The molecule has 0 spiro atoms. The molecular formula is C18H18IN3O3S. The molecule has 6 nitrogen and oxygen atoms in total. The summed E-state index contributed by atoms with van der Waals surface area (Å²) in [6.07, 6.45) is 0.882. The van der Waals surface area contributed by atoms with Crippen LogP contribution in [0.25, 0.3) is 0 Å². The second-order valence-corrected chi connectivity index (χ2v) is 8.35. The first-order valence-electron chi connectivity index (χ1n) is 8.18. The van der Waals surface area contributed by atoms with Gasteiger partial charge < -0.3 is 0 Å². The Bertz CT molecular complexity index is 863. The van der Waals surface area contributed by atoms with Gasteiger partial charge in [0.05, 0.1) is 17.0 Å². The van der Waals surface area contributed by atoms with Crippen molar-refractivity contribution in [3.8, 4) is 0 Å². The lowest BCUT2D eigenvalue weighted by Crippen LogP contribution is -2.48. The number of amides is 3. The molecule has 1 unspecified atom stereocenters. The van der Waals surface area contributed by atoms with Crippen LogP contribution in [-0.4, -0.2) is 23.8 Å². The first-order chi connectivity index (χ1) is 12.4. The molecule has 0 aliphatic carbocycles. The molecule has 3 amide bonds. The number of hydrogen-bond donors (Lipinski definition) is 2. The van der Waals surface area contributed by atoms with E-state index in [2.05, 4.69) is 33.4 Å². The largest absolute Gasteiger partial charge is 0.286 e. The van der Waals surface area contributed by atoms with E-state index in [4.69, 9.17) is 0 Å². The number of thiophene rings is 1. The fourth-order valence-electron chi connectivity index (χ4n) is 2.80. The number of halogens is 1. The highest BCUT2D eigenvalue weighted by Crippen LogP contribution is 2.24. The van der Waals surface area contributed by atoms with Crippen LogP contribution in [0.15, 0.2) is 30.3 Å². The maximum absolute atomic E-state index is 12.5. The number of imide groups is 1. The third kappa shape index (κ3) is 3.81. The highest BCUT2D eigenvalue weighted by molar-refractivity contribution is 14.1. The van der Waals surface area contributed by atoms with Gasteiger partial charge in [0, 0.05) is 8.45 Å². The molecule has 1 aromatic carbocycles. The van der Waals surface area contributed by atoms with Crippen LogP contribution in [0.1, 0.15) is 33.5 Å². The minimum absolute atomic E-state index is 0.00871. The molecule has 1 atom stereocenters. The minimum Gasteiger partial charge on any atom is -0.286 e. The third-order valence-electron chi connectivity index (χ3n) is 4.16. The highest BCUT2D eigenvalue weighted by Gasteiger charge is 2.39. The van der Waals surface area contributed by atoms with Crippen LogP contribution >= 0.6 is 33.9 Å². The van der Waals surface area contributed by atoms with Gasteiger partial charge in [-0.15, -0.1) is 11.3 Å². The smallest absolute Gasteiger partial charge is 0.275 e. The van der Waals surface area contributed by atoms with Crippen molar-refractivity contribution < 1.29 is 14.4 Å². The predicted octanol–water partition coefficient (Wildman–Crippen LogP) is 2.79. The van der Waals surface area contributed by atoms with E-state index in [0.29, 0.717) is 10.6 Å². The molecule has 0 saturated carbocycles. The number of hydrazine groups is 1. The van der Waals surface area contributed by atoms with Crippen molar-refractivity contribution in [3.63, 3.8) is 0 Å². The quantitative estimate of drug-likeness (QED) is 0.390. The maximum atomic E-state index is 12.5. The summed E-state index contributed by atoms with van der Waals surface area (Å²) in [5, 5.41) is 0. The van der Waals surface area contributed by atoms with Gasteiger partial charge in [-0.1, -0.05) is 6.92 Å². The van der Waals surface area contributed by atoms with E-state index in [9.17, 15) is 14.4 Å². The zero-order valence-corrected chi connectivity index (χ0v) is 17.3. The van der Waals surface area contributed by atoms with E-state index < -0.39 is 6.04 Å². The van der Waals surface area contributed by atoms with Crippen molar-refractivity contribution in [2.24, 2.45) is 0 Å². The molecular weight excluding hydrogens is 465 g/mol. The van der Waals surface area contributed by atoms with Gasteiger partial charge in [0.25, 0.3) is 11.8 Å². The Labute approximate surface area is 169 Å². The van der Waals surface area contributed by atoms with Gasteiger partial charge in [-0.05, 0) is 71.8 Å². The molecule has 1 aliphatic rings. The summed E-state index contributed by atoms with van der Waals surface area (Å²) >= 11 is 3.59. The number of rotatable bonds is 5. The van der Waals surface area contributed by atoms with Gasteiger partial charge in [-0.2, -0.15) is 0 Å². The maximum Gasteiger partial charge on any atom is 0.275 e. The summed E-state index contributed by atoms with van der Waals surface area (Å²) in [5.74, 6) is -0.956. The van der Waals surface area contributed by atoms with Gasteiger partial charge in [0.15, 0.2) is 0 Å². The molecule has 1 aliphatic heterocycles. The van der Waals surface area contributed by atoms with E-state index in [1.165, 1.54) is 11.3 Å². The highest BCUT2D eigenvalue weighted by atomic mass is 127. The Morgan fingerprint density at radius 1 is 1.31 bits per heavy atom. The lowest BCUT2D eigenvalue weighted by molar-refractivity contribution is -0.121. The number of nitrogens with zero attached hydrogens (tertiary/aromatic N) is 1. The van der Waals surface area contributed by atoms with Gasteiger partial charge in [-0.25, -0.2) is 10.3 Å². The van der Waals surface area contributed by atoms with Crippen molar-refractivity contribution in [3.05, 3.63) is 49.2 Å². The molecule has 1 fully saturated rings. The Hall–Kier alpha value is -1.78. The summed E-state index contributed by atoms with van der Waals surface area (Å²) in [6.45, 7) is 4.01. The molecule has 26 heavy (non-hydrogen) atoms. The number of nitrogens with one attached hydrogen (secondary N) is 2. The number of carbonyl (C=O) groups excluding carboxylic acids is 3. The average Bonchev–Trinajstić information content (AvgIpc) is 3.13. The zero-order chi connectivity index (χ0) is 18.8. The lowest BCUT2D eigenvalue weighted by Gasteiger charge is -2.15. The SMILES string of the molecule is CCc1sc(C(=O)NNC2CC(=O)N(c3ccc(I)cc3)C2=O)cc1C. The van der Waals surface area contributed by atoms with Crippen molar-refractivity contribution >= 4 is 57.3 Å². The Morgan fingerprint density at radius 2 is 2.00 bits per heavy atom. The molecule has 1 aromatic heterocycles. The number of anilines is 1.